The average molecular weight is 277 g/mol. The van der Waals surface area contributed by atoms with Gasteiger partial charge in [-0.2, -0.15) is 0 Å². The summed E-state index contributed by atoms with van der Waals surface area (Å²) < 4.78 is 5.38. The van der Waals surface area contributed by atoms with E-state index in [1.165, 1.54) is 16.7 Å². The van der Waals surface area contributed by atoms with Gasteiger partial charge < -0.3 is 9.84 Å². The van der Waals surface area contributed by atoms with E-state index < -0.39 is 11.9 Å². The molecule has 2 atom stereocenters. The Hall–Kier alpha value is -1.39. The van der Waals surface area contributed by atoms with Gasteiger partial charge in [0.15, 0.2) is 0 Å². The van der Waals surface area contributed by atoms with Crippen LogP contribution in [0.25, 0.3) is 0 Å². The summed E-state index contributed by atoms with van der Waals surface area (Å²) in [6, 6.07) is 6.46. The molecule has 20 heavy (non-hydrogen) atoms. The number of carbonyl (C=O) groups is 1. The number of hydrogen-bond acceptors (Lipinski definition) is 3. The molecule has 2 rings (SSSR count). The predicted octanol–water partition coefficient (Wildman–Crippen LogP) is 2.22. The molecular formula is C16H23NO3. The number of ether oxygens (including phenoxy) is 1. The van der Waals surface area contributed by atoms with E-state index in [0.29, 0.717) is 13.2 Å². The van der Waals surface area contributed by atoms with Gasteiger partial charge in [-0.25, -0.2) is 0 Å². The topological polar surface area (TPSA) is 49.8 Å². The number of carboxylic acids is 1. The lowest BCUT2D eigenvalue weighted by atomic mass is 10.0. The number of nitrogens with zero attached hydrogens (tertiary/aromatic N) is 1. The standard InChI is InChI=1S/C16H23NO3/c1-4-17(15-10-20-9-14(15)16(18)19)8-13-6-11(2)5-12(3)7-13/h5-7,14-15H,4,8-10H2,1-3H3,(H,18,19). The molecule has 1 aromatic carbocycles. The minimum atomic E-state index is -0.758. The molecule has 1 fully saturated rings. The second kappa shape index (κ2) is 6.37. The molecule has 4 nitrogen and oxygen atoms in total. The summed E-state index contributed by atoms with van der Waals surface area (Å²) in [7, 11) is 0. The Balaban J connectivity index is 2.14. The quantitative estimate of drug-likeness (QED) is 0.896. The highest BCUT2D eigenvalue weighted by molar-refractivity contribution is 5.71. The van der Waals surface area contributed by atoms with Crippen molar-refractivity contribution >= 4 is 5.97 Å². The molecule has 1 saturated heterocycles. The third kappa shape index (κ3) is 3.38. The number of carboxylic acid groups (broad SMARTS) is 1. The molecule has 1 aliphatic heterocycles. The van der Waals surface area contributed by atoms with E-state index >= 15 is 0 Å². The fourth-order valence-corrected chi connectivity index (χ4v) is 3.00. The Bertz CT molecular complexity index is 466. The van der Waals surface area contributed by atoms with Gasteiger partial charge in [-0.05, 0) is 26.0 Å². The highest BCUT2D eigenvalue weighted by Gasteiger charge is 2.37. The van der Waals surface area contributed by atoms with Crippen LogP contribution < -0.4 is 0 Å². The van der Waals surface area contributed by atoms with Crippen molar-refractivity contribution in [2.24, 2.45) is 5.92 Å². The maximum atomic E-state index is 11.3. The monoisotopic (exact) mass is 277 g/mol. The molecular weight excluding hydrogens is 254 g/mol. The Kier molecular flexibility index (Phi) is 4.78. The zero-order chi connectivity index (χ0) is 14.7. The molecule has 110 valence electrons. The van der Waals surface area contributed by atoms with E-state index in [0.717, 1.165) is 13.1 Å². The smallest absolute Gasteiger partial charge is 0.310 e. The second-order valence-electron chi connectivity index (χ2n) is 5.61. The van der Waals surface area contributed by atoms with Crippen molar-refractivity contribution in [1.82, 2.24) is 4.90 Å². The molecule has 0 aromatic heterocycles. The lowest BCUT2D eigenvalue weighted by Crippen LogP contribution is -2.42. The fourth-order valence-electron chi connectivity index (χ4n) is 3.00. The van der Waals surface area contributed by atoms with Crippen molar-refractivity contribution in [2.75, 3.05) is 19.8 Å². The van der Waals surface area contributed by atoms with Crippen LogP contribution in [0.2, 0.25) is 0 Å². The normalized spacial score (nSPS) is 22.4. The second-order valence-corrected chi connectivity index (χ2v) is 5.61. The van der Waals surface area contributed by atoms with Crippen molar-refractivity contribution < 1.29 is 14.6 Å². The first-order chi connectivity index (χ1) is 9.51. The van der Waals surface area contributed by atoms with Gasteiger partial charge in [0.2, 0.25) is 0 Å². The summed E-state index contributed by atoms with van der Waals surface area (Å²) in [6.07, 6.45) is 0. The van der Waals surface area contributed by atoms with Crippen molar-refractivity contribution in [3.05, 3.63) is 34.9 Å². The molecule has 2 unspecified atom stereocenters. The van der Waals surface area contributed by atoms with Crippen LogP contribution in [0, 0.1) is 19.8 Å². The van der Waals surface area contributed by atoms with E-state index in [4.69, 9.17) is 4.74 Å². The van der Waals surface area contributed by atoms with Gasteiger partial charge in [-0.3, -0.25) is 9.69 Å². The zero-order valence-electron chi connectivity index (χ0n) is 12.4. The van der Waals surface area contributed by atoms with Crippen LogP contribution in [0.1, 0.15) is 23.6 Å². The minimum absolute atomic E-state index is 0.0293. The maximum absolute atomic E-state index is 11.3. The summed E-state index contributed by atoms with van der Waals surface area (Å²) in [5.74, 6) is -1.17. The molecule has 0 aliphatic carbocycles. The van der Waals surface area contributed by atoms with Crippen LogP contribution in [-0.4, -0.2) is 41.8 Å². The molecule has 1 aliphatic rings. The Morgan fingerprint density at radius 2 is 1.95 bits per heavy atom. The molecule has 0 bridgehead atoms. The summed E-state index contributed by atoms with van der Waals surface area (Å²) >= 11 is 0. The highest BCUT2D eigenvalue weighted by atomic mass is 16.5. The third-order valence-corrected chi connectivity index (χ3v) is 3.91. The van der Waals surface area contributed by atoms with Gasteiger partial charge >= 0.3 is 5.97 Å². The summed E-state index contributed by atoms with van der Waals surface area (Å²) in [5.41, 5.74) is 3.72. The molecule has 4 heteroatoms. The Morgan fingerprint density at radius 1 is 1.30 bits per heavy atom. The molecule has 1 N–H and O–H groups in total. The van der Waals surface area contributed by atoms with Crippen molar-refractivity contribution in [3.63, 3.8) is 0 Å². The first-order valence-corrected chi connectivity index (χ1v) is 7.13. The van der Waals surface area contributed by atoms with Gasteiger partial charge in [-0.15, -0.1) is 0 Å². The van der Waals surface area contributed by atoms with Crippen LogP contribution in [0.5, 0.6) is 0 Å². The third-order valence-electron chi connectivity index (χ3n) is 3.91. The lowest BCUT2D eigenvalue weighted by molar-refractivity contribution is -0.143. The molecule has 1 heterocycles. The molecule has 0 radical (unpaired) electrons. The van der Waals surface area contributed by atoms with Gasteiger partial charge in [0.05, 0.1) is 19.1 Å². The van der Waals surface area contributed by atoms with E-state index in [2.05, 4.69) is 43.9 Å². The van der Waals surface area contributed by atoms with Gasteiger partial charge in [0.1, 0.15) is 0 Å². The number of benzene rings is 1. The predicted molar refractivity (Wildman–Crippen MR) is 77.7 cm³/mol. The highest BCUT2D eigenvalue weighted by Crippen LogP contribution is 2.22. The van der Waals surface area contributed by atoms with Gasteiger partial charge in [0.25, 0.3) is 0 Å². The van der Waals surface area contributed by atoms with E-state index in [1.54, 1.807) is 0 Å². The summed E-state index contributed by atoms with van der Waals surface area (Å²) in [5, 5.41) is 9.28. The number of aryl methyl sites for hydroxylation is 2. The number of rotatable bonds is 5. The van der Waals surface area contributed by atoms with Crippen molar-refractivity contribution in [2.45, 2.75) is 33.4 Å². The van der Waals surface area contributed by atoms with Crippen LogP contribution in [0.3, 0.4) is 0 Å². The fraction of sp³-hybridized carbons (Fsp3) is 0.562. The SMILES string of the molecule is CCN(Cc1cc(C)cc(C)c1)C1COCC1C(=O)O. The molecule has 0 amide bonds. The zero-order valence-corrected chi connectivity index (χ0v) is 12.4. The van der Waals surface area contributed by atoms with Crippen LogP contribution in [0.4, 0.5) is 0 Å². The Morgan fingerprint density at radius 3 is 2.50 bits per heavy atom. The van der Waals surface area contributed by atoms with Gasteiger partial charge in [-0.1, -0.05) is 36.2 Å². The first kappa shape index (κ1) is 15.0. The largest absolute Gasteiger partial charge is 0.481 e. The average Bonchev–Trinajstić information content (AvgIpc) is 2.83. The molecule has 0 spiro atoms. The lowest BCUT2D eigenvalue weighted by Gasteiger charge is -2.29. The van der Waals surface area contributed by atoms with E-state index in [9.17, 15) is 9.90 Å². The molecule has 0 saturated carbocycles. The number of aliphatic carboxylic acids is 1. The van der Waals surface area contributed by atoms with Crippen LogP contribution in [-0.2, 0) is 16.1 Å². The first-order valence-electron chi connectivity index (χ1n) is 7.13. The van der Waals surface area contributed by atoms with Crippen LogP contribution in [0.15, 0.2) is 18.2 Å². The molecule has 1 aromatic rings. The van der Waals surface area contributed by atoms with E-state index in [-0.39, 0.29) is 6.04 Å². The summed E-state index contributed by atoms with van der Waals surface area (Å²) in [6.45, 7) is 8.68. The maximum Gasteiger partial charge on any atom is 0.310 e. The van der Waals surface area contributed by atoms with Gasteiger partial charge in [0, 0.05) is 12.6 Å². The summed E-state index contributed by atoms with van der Waals surface area (Å²) in [4.78, 5) is 13.5. The van der Waals surface area contributed by atoms with Crippen molar-refractivity contribution in [1.29, 1.82) is 0 Å². The number of hydrogen-bond donors (Lipinski definition) is 1. The minimum Gasteiger partial charge on any atom is -0.481 e. The number of likely N-dealkylation sites (N-methyl/N-ethyl adjacent to an activating group) is 1. The van der Waals surface area contributed by atoms with Crippen molar-refractivity contribution in [3.8, 4) is 0 Å². The van der Waals surface area contributed by atoms with Crippen LogP contribution >= 0.6 is 0 Å². The van der Waals surface area contributed by atoms with E-state index in [1.807, 2.05) is 0 Å². The Labute approximate surface area is 120 Å².